The molecule has 1 N–H and O–H groups in total. The fraction of sp³-hybridized carbons (Fsp3) is 0.222. The molecule has 2 aromatic carbocycles. The lowest BCUT2D eigenvalue weighted by Crippen LogP contribution is -2.28. The zero-order valence-corrected chi connectivity index (χ0v) is 14.0. The maximum Gasteiger partial charge on any atom is 0.231 e. The molecular formula is C18H15ClN2O4. The van der Waals surface area contributed by atoms with Gasteiger partial charge < -0.3 is 19.7 Å². The van der Waals surface area contributed by atoms with Gasteiger partial charge in [0.1, 0.15) is 0 Å². The first kappa shape index (κ1) is 15.8. The Kier molecular flexibility index (Phi) is 3.97. The Bertz CT molecular complexity index is 855. The molecule has 1 atom stereocenters. The number of carbonyl (C=O) groups excluding carboxylic acids is 2. The highest BCUT2D eigenvalue weighted by atomic mass is 35.5. The molecule has 6 nitrogen and oxygen atoms in total. The van der Waals surface area contributed by atoms with Crippen LogP contribution in [0.25, 0.3) is 0 Å². The number of carbonyl (C=O) groups is 2. The van der Waals surface area contributed by atoms with Gasteiger partial charge in [-0.15, -0.1) is 0 Å². The summed E-state index contributed by atoms with van der Waals surface area (Å²) < 4.78 is 10.5. The number of nitrogens with zero attached hydrogens (tertiary/aromatic N) is 1. The van der Waals surface area contributed by atoms with Crippen LogP contribution in [0.4, 0.5) is 11.4 Å². The quantitative estimate of drug-likeness (QED) is 0.915. The van der Waals surface area contributed by atoms with Crippen LogP contribution in [-0.2, 0) is 9.59 Å². The van der Waals surface area contributed by atoms with E-state index in [9.17, 15) is 9.59 Å². The Balaban J connectivity index is 1.47. The van der Waals surface area contributed by atoms with Crippen LogP contribution in [0.15, 0.2) is 42.5 Å². The number of rotatable bonds is 3. The largest absolute Gasteiger partial charge is 0.454 e. The molecule has 0 aliphatic carbocycles. The number of para-hydroxylation sites is 1. The lowest BCUT2D eigenvalue weighted by Gasteiger charge is -2.18. The summed E-state index contributed by atoms with van der Waals surface area (Å²) in [5.74, 6) is 0.492. The number of benzene rings is 2. The molecular weight excluding hydrogens is 344 g/mol. The van der Waals surface area contributed by atoms with Crippen molar-refractivity contribution in [3.05, 3.63) is 47.5 Å². The highest BCUT2D eigenvalue weighted by molar-refractivity contribution is 6.33. The van der Waals surface area contributed by atoms with E-state index < -0.39 is 5.92 Å². The summed E-state index contributed by atoms with van der Waals surface area (Å²) in [4.78, 5) is 26.4. The zero-order valence-electron chi connectivity index (χ0n) is 13.2. The Morgan fingerprint density at radius 2 is 1.96 bits per heavy atom. The molecule has 0 bridgehead atoms. The summed E-state index contributed by atoms with van der Waals surface area (Å²) in [5, 5.41) is 3.33. The monoisotopic (exact) mass is 358 g/mol. The van der Waals surface area contributed by atoms with Gasteiger partial charge in [-0.2, -0.15) is 0 Å². The number of halogens is 1. The third kappa shape index (κ3) is 3.00. The minimum Gasteiger partial charge on any atom is -0.454 e. The molecule has 2 aromatic rings. The van der Waals surface area contributed by atoms with Crippen molar-refractivity contribution in [3.63, 3.8) is 0 Å². The van der Waals surface area contributed by atoms with E-state index in [4.69, 9.17) is 21.1 Å². The SMILES string of the molecule is O=C(Nc1ccc2c(c1)OCO2)C1CC(=O)N(c2ccccc2Cl)C1. The first-order chi connectivity index (χ1) is 12.1. The molecule has 7 heteroatoms. The molecule has 1 fully saturated rings. The lowest BCUT2D eigenvalue weighted by atomic mass is 10.1. The number of hydrogen-bond donors (Lipinski definition) is 1. The van der Waals surface area contributed by atoms with Crippen LogP contribution in [0.5, 0.6) is 11.5 Å². The van der Waals surface area contributed by atoms with E-state index in [-0.39, 0.29) is 25.0 Å². The number of hydrogen-bond acceptors (Lipinski definition) is 4. The third-order valence-corrected chi connectivity index (χ3v) is 4.60. The second kappa shape index (κ2) is 6.29. The average molecular weight is 359 g/mol. The molecule has 0 aromatic heterocycles. The van der Waals surface area contributed by atoms with E-state index in [1.165, 1.54) is 0 Å². The summed E-state index contributed by atoms with van der Waals surface area (Å²) in [6, 6.07) is 12.3. The topological polar surface area (TPSA) is 67.9 Å². The van der Waals surface area contributed by atoms with Crippen molar-refractivity contribution in [2.24, 2.45) is 5.92 Å². The molecule has 4 rings (SSSR count). The Hall–Kier alpha value is -2.73. The molecule has 2 amide bonds. The summed E-state index contributed by atoms with van der Waals surface area (Å²) >= 11 is 6.16. The Morgan fingerprint density at radius 1 is 1.16 bits per heavy atom. The van der Waals surface area contributed by atoms with Gasteiger partial charge in [0, 0.05) is 24.7 Å². The number of ether oxygens (including phenoxy) is 2. The molecule has 0 saturated carbocycles. The second-order valence-corrected chi connectivity index (χ2v) is 6.32. The van der Waals surface area contributed by atoms with Crippen LogP contribution in [0.2, 0.25) is 5.02 Å². The fourth-order valence-electron chi connectivity index (χ4n) is 3.01. The van der Waals surface area contributed by atoms with Crippen molar-refractivity contribution in [3.8, 4) is 11.5 Å². The van der Waals surface area contributed by atoms with Crippen molar-refractivity contribution in [2.45, 2.75) is 6.42 Å². The van der Waals surface area contributed by atoms with Gasteiger partial charge in [-0.1, -0.05) is 23.7 Å². The van der Waals surface area contributed by atoms with Gasteiger partial charge in [-0.25, -0.2) is 0 Å². The van der Waals surface area contributed by atoms with Crippen molar-refractivity contribution >= 4 is 34.8 Å². The van der Waals surface area contributed by atoms with E-state index in [2.05, 4.69) is 5.32 Å². The van der Waals surface area contributed by atoms with Crippen LogP contribution in [0.3, 0.4) is 0 Å². The van der Waals surface area contributed by atoms with Crippen molar-refractivity contribution < 1.29 is 19.1 Å². The smallest absolute Gasteiger partial charge is 0.231 e. The van der Waals surface area contributed by atoms with Crippen LogP contribution in [0, 0.1) is 5.92 Å². The first-order valence-electron chi connectivity index (χ1n) is 7.87. The van der Waals surface area contributed by atoms with Gasteiger partial charge in [0.15, 0.2) is 11.5 Å². The average Bonchev–Trinajstić information content (AvgIpc) is 3.21. The number of anilines is 2. The lowest BCUT2D eigenvalue weighted by molar-refractivity contribution is -0.122. The van der Waals surface area contributed by atoms with Crippen LogP contribution >= 0.6 is 11.6 Å². The summed E-state index contributed by atoms with van der Waals surface area (Å²) in [5.41, 5.74) is 1.24. The predicted octanol–water partition coefficient (Wildman–Crippen LogP) is 3.06. The van der Waals surface area contributed by atoms with Gasteiger partial charge >= 0.3 is 0 Å². The zero-order chi connectivity index (χ0) is 17.4. The molecule has 2 heterocycles. The molecule has 1 saturated heterocycles. The van der Waals surface area contributed by atoms with Gasteiger partial charge in [-0.3, -0.25) is 9.59 Å². The maximum absolute atomic E-state index is 12.5. The van der Waals surface area contributed by atoms with Crippen LogP contribution < -0.4 is 19.7 Å². The molecule has 0 radical (unpaired) electrons. The van der Waals surface area contributed by atoms with Crippen LogP contribution in [0.1, 0.15) is 6.42 Å². The van der Waals surface area contributed by atoms with Gasteiger partial charge in [0.05, 0.1) is 16.6 Å². The van der Waals surface area contributed by atoms with E-state index in [1.807, 2.05) is 6.07 Å². The maximum atomic E-state index is 12.5. The molecule has 25 heavy (non-hydrogen) atoms. The highest BCUT2D eigenvalue weighted by Crippen LogP contribution is 2.35. The van der Waals surface area contributed by atoms with Crippen LogP contribution in [-0.4, -0.2) is 25.2 Å². The van der Waals surface area contributed by atoms with E-state index >= 15 is 0 Å². The highest BCUT2D eigenvalue weighted by Gasteiger charge is 2.36. The Labute approximate surface area is 149 Å². The van der Waals surface area contributed by atoms with E-state index in [0.29, 0.717) is 34.4 Å². The van der Waals surface area contributed by atoms with Gasteiger partial charge in [0.2, 0.25) is 18.6 Å². The van der Waals surface area contributed by atoms with Gasteiger partial charge in [-0.05, 0) is 24.3 Å². The fourth-order valence-corrected chi connectivity index (χ4v) is 3.24. The summed E-state index contributed by atoms with van der Waals surface area (Å²) in [6.07, 6.45) is 0.154. The first-order valence-corrected chi connectivity index (χ1v) is 8.25. The van der Waals surface area contributed by atoms with Crippen molar-refractivity contribution in [1.29, 1.82) is 0 Å². The minimum atomic E-state index is -0.436. The number of nitrogens with one attached hydrogen (secondary N) is 1. The molecule has 2 aliphatic heterocycles. The predicted molar refractivity (Wildman–Crippen MR) is 93.1 cm³/mol. The van der Waals surface area contributed by atoms with E-state index in [0.717, 1.165) is 0 Å². The molecule has 2 aliphatic rings. The number of fused-ring (bicyclic) bond motifs is 1. The standard InChI is InChI=1S/C18H15ClN2O4/c19-13-3-1-2-4-14(13)21-9-11(7-17(21)22)18(23)20-12-5-6-15-16(8-12)25-10-24-15/h1-6,8,11H,7,9-10H2,(H,20,23). The van der Waals surface area contributed by atoms with Gasteiger partial charge in [0.25, 0.3) is 0 Å². The van der Waals surface area contributed by atoms with Crippen molar-refractivity contribution in [2.75, 3.05) is 23.6 Å². The van der Waals surface area contributed by atoms with E-state index in [1.54, 1.807) is 41.3 Å². The number of amides is 2. The second-order valence-electron chi connectivity index (χ2n) is 5.91. The molecule has 1 unspecified atom stereocenters. The van der Waals surface area contributed by atoms with Crippen molar-refractivity contribution in [1.82, 2.24) is 0 Å². The summed E-state index contributed by atoms with van der Waals surface area (Å²) in [6.45, 7) is 0.482. The Morgan fingerprint density at radius 3 is 2.80 bits per heavy atom. The normalized spacial score (nSPS) is 18.5. The minimum absolute atomic E-state index is 0.112. The summed E-state index contributed by atoms with van der Waals surface area (Å²) in [7, 11) is 0. The molecule has 128 valence electrons. The third-order valence-electron chi connectivity index (χ3n) is 4.28. The molecule has 0 spiro atoms.